The molecular weight excluding hydrogens is 337 g/mol. The molecule has 0 aliphatic heterocycles. The summed E-state index contributed by atoms with van der Waals surface area (Å²) in [5.41, 5.74) is 2.37. The molecule has 0 unspecified atom stereocenters. The van der Waals surface area contributed by atoms with Crippen LogP contribution in [0.2, 0.25) is 10.0 Å². The van der Waals surface area contributed by atoms with Crippen molar-refractivity contribution in [3.63, 3.8) is 0 Å². The number of halogens is 2. The van der Waals surface area contributed by atoms with Crippen LogP contribution in [-0.2, 0) is 11.5 Å². The van der Waals surface area contributed by atoms with Crippen LogP contribution in [0.3, 0.4) is 0 Å². The maximum Gasteiger partial charge on any atom is 0.227 e. The van der Waals surface area contributed by atoms with E-state index >= 15 is 0 Å². The van der Waals surface area contributed by atoms with Gasteiger partial charge in [-0.2, -0.15) is 5.10 Å². The van der Waals surface area contributed by atoms with Crippen LogP contribution in [0.1, 0.15) is 24.2 Å². The number of amides is 1. The van der Waals surface area contributed by atoms with Gasteiger partial charge in [0.25, 0.3) is 0 Å². The standard InChI is InChI=1S/C16H17Cl2N3O2/c1-9-15(19-16(22)11-3-4-11)10(2)21(20-9)8-23-14-6-5-12(17)7-13(14)18/h5-7,11H,3-4,8H2,1-2H3,(H,19,22). The molecule has 1 N–H and O–H groups in total. The van der Waals surface area contributed by atoms with Crippen LogP contribution in [-0.4, -0.2) is 15.7 Å². The molecular formula is C16H17Cl2N3O2. The summed E-state index contributed by atoms with van der Waals surface area (Å²) in [5, 5.41) is 8.37. The highest BCUT2D eigenvalue weighted by molar-refractivity contribution is 6.35. The number of aryl methyl sites for hydroxylation is 1. The third-order valence-corrected chi connectivity index (χ3v) is 4.34. The molecule has 1 heterocycles. The minimum absolute atomic E-state index is 0.0671. The highest BCUT2D eigenvalue weighted by Gasteiger charge is 2.30. The van der Waals surface area contributed by atoms with E-state index in [0.29, 0.717) is 15.8 Å². The first kappa shape index (κ1) is 16.1. The van der Waals surface area contributed by atoms with Gasteiger partial charge in [0.15, 0.2) is 6.73 Å². The van der Waals surface area contributed by atoms with Gasteiger partial charge in [0.2, 0.25) is 5.91 Å². The van der Waals surface area contributed by atoms with Crippen molar-refractivity contribution in [3.8, 4) is 5.75 Å². The maximum absolute atomic E-state index is 11.9. The average molecular weight is 354 g/mol. The molecule has 2 aromatic rings. The second-order valence-electron chi connectivity index (χ2n) is 5.66. The lowest BCUT2D eigenvalue weighted by Gasteiger charge is -2.10. The number of anilines is 1. The van der Waals surface area contributed by atoms with E-state index in [9.17, 15) is 4.79 Å². The van der Waals surface area contributed by atoms with E-state index in [4.69, 9.17) is 27.9 Å². The van der Waals surface area contributed by atoms with Crippen molar-refractivity contribution in [1.82, 2.24) is 9.78 Å². The van der Waals surface area contributed by atoms with E-state index in [1.165, 1.54) is 0 Å². The lowest BCUT2D eigenvalue weighted by atomic mass is 10.3. The van der Waals surface area contributed by atoms with Crippen molar-refractivity contribution in [2.24, 2.45) is 5.92 Å². The van der Waals surface area contributed by atoms with Gasteiger partial charge in [-0.15, -0.1) is 0 Å². The van der Waals surface area contributed by atoms with Crippen LogP contribution < -0.4 is 10.1 Å². The van der Waals surface area contributed by atoms with Gasteiger partial charge in [-0.3, -0.25) is 4.79 Å². The van der Waals surface area contributed by atoms with Gasteiger partial charge in [0.1, 0.15) is 5.75 Å². The number of ether oxygens (including phenoxy) is 1. The normalized spacial score (nSPS) is 13.9. The van der Waals surface area contributed by atoms with Crippen molar-refractivity contribution in [2.45, 2.75) is 33.4 Å². The molecule has 5 nitrogen and oxygen atoms in total. The van der Waals surface area contributed by atoms with E-state index in [2.05, 4.69) is 10.4 Å². The van der Waals surface area contributed by atoms with E-state index in [-0.39, 0.29) is 18.6 Å². The number of aromatic nitrogens is 2. The molecule has 1 aromatic carbocycles. The number of carbonyl (C=O) groups is 1. The Morgan fingerprint density at radius 1 is 1.39 bits per heavy atom. The average Bonchev–Trinajstić information content (AvgIpc) is 3.30. The number of hydrogen-bond acceptors (Lipinski definition) is 3. The molecule has 1 fully saturated rings. The van der Waals surface area contributed by atoms with Crippen LogP contribution >= 0.6 is 23.2 Å². The fourth-order valence-electron chi connectivity index (χ4n) is 2.30. The largest absolute Gasteiger partial charge is 0.470 e. The quantitative estimate of drug-likeness (QED) is 0.876. The molecule has 1 aliphatic carbocycles. The molecule has 0 spiro atoms. The van der Waals surface area contributed by atoms with Gasteiger partial charge in [-0.1, -0.05) is 23.2 Å². The van der Waals surface area contributed by atoms with Crippen molar-refractivity contribution >= 4 is 34.8 Å². The Morgan fingerprint density at radius 3 is 2.78 bits per heavy atom. The highest BCUT2D eigenvalue weighted by Crippen LogP contribution is 2.32. The summed E-state index contributed by atoms with van der Waals surface area (Å²) < 4.78 is 7.39. The summed E-state index contributed by atoms with van der Waals surface area (Å²) in [4.78, 5) is 11.9. The van der Waals surface area contributed by atoms with Gasteiger partial charge in [0, 0.05) is 10.9 Å². The third-order valence-electron chi connectivity index (χ3n) is 3.81. The summed E-state index contributed by atoms with van der Waals surface area (Å²) in [6, 6.07) is 5.05. The minimum atomic E-state index is 0.0671. The minimum Gasteiger partial charge on any atom is -0.470 e. The number of nitrogens with zero attached hydrogens (tertiary/aromatic N) is 2. The van der Waals surface area contributed by atoms with Crippen molar-refractivity contribution in [1.29, 1.82) is 0 Å². The summed E-state index contributed by atoms with van der Waals surface area (Å²) in [6.45, 7) is 3.96. The Labute approximate surface area is 144 Å². The van der Waals surface area contributed by atoms with Crippen molar-refractivity contribution in [2.75, 3.05) is 5.32 Å². The van der Waals surface area contributed by atoms with Crippen LogP contribution in [0.4, 0.5) is 5.69 Å². The fraction of sp³-hybridized carbons (Fsp3) is 0.375. The lowest BCUT2D eigenvalue weighted by Crippen LogP contribution is -2.15. The Morgan fingerprint density at radius 2 is 2.13 bits per heavy atom. The summed E-state index contributed by atoms with van der Waals surface area (Å²) in [6.07, 6.45) is 1.94. The predicted octanol–water partition coefficient (Wildman–Crippen LogP) is 4.19. The van der Waals surface area contributed by atoms with E-state index in [0.717, 1.165) is 29.9 Å². The number of rotatable bonds is 5. The number of hydrogen-bond donors (Lipinski definition) is 1. The second-order valence-corrected chi connectivity index (χ2v) is 6.50. The SMILES string of the molecule is Cc1nn(COc2ccc(Cl)cc2Cl)c(C)c1NC(=O)C1CC1. The van der Waals surface area contributed by atoms with E-state index in [1.807, 2.05) is 13.8 Å². The first-order chi connectivity index (χ1) is 11.0. The Balaban J connectivity index is 1.71. The maximum atomic E-state index is 11.9. The molecule has 0 saturated heterocycles. The topological polar surface area (TPSA) is 56.1 Å². The van der Waals surface area contributed by atoms with Gasteiger partial charge < -0.3 is 10.1 Å². The number of carbonyl (C=O) groups excluding carboxylic acids is 1. The molecule has 1 aliphatic rings. The zero-order valence-electron chi connectivity index (χ0n) is 12.9. The third kappa shape index (κ3) is 3.62. The van der Waals surface area contributed by atoms with Crippen LogP contribution in [0.5, 0.6) is 5.75 Å². The summed E-state index contributed by atoms with van der Waals surface area (Å²) in [5.74, 6) is 0.755. The molecule has 3 rings (SSSR count). The molecule has 1 amide bonds. The van der Waals surface area contributed by atoms with E-state index < -0.39 is 0 Å². The Bertz CT molecular complexity index is 754. The van der Waals surface area contributed by atoms with Gasteiger partial charge in [-0.05, 0) is 44.9 Å². The number of benzene rings is 1. The Kier molecular flexibility index (Phi) is 4.50. The molecule has 23 heavy (non-hydrogen) atoms. The monoisotopic (exact) mass is 353 g/mol. The molecule has 0 radical (unpaired) electrons. The fourth-order valence-corrected chi connectivity index (χ4v) is 2.76. The molecule has 1 aromatic heterocycles. The molecule has 7 heteroatoms. The first-order valence-corrected chi connectivity index (χ1v) is 8.14. The van der Waals surface area contributed by atoms with Crippen LogP contribution in [0.15, 0.2) is 18.2 Å². The Hall–Kier alpha value is -1.72. The highest BCUT2D eigenvalue weighted by atomic mass is 35.5. The number of nitrogens with one attached hydrogen (secondary N) is 1. The van der Waals surface area contributed by atoms with Gasteiger partial charge in [-0.25, -0.2) is 4.68 Å². The van der Waals surface area contributed by atoms with Crippen LogP contribution in [0.25, 0.3) is 0 Å². The lowest BCUT2D eigenvalue weighted by molar-refractivity contribution is -0.117. The van der Waals surface area contributed by atoms with Crippen molar-refractivity contribution in [3.05, 3.63) is 39.6 Å². The van der Waals surface area contributed by atoms with Crippen molar-refractivity contribution < 1.29 is 9.53 Å². The second kappa shape index (κ2) is 6.42. The first-order valence-electron chi connectivity index (χ1n) is 7.38. The zero-order chi connectivity index (χ0) is 16.6. The zero-order valence-corrected chi connectivity index (χ0v) is 14.4. The summed E-state index contributed by atoms with van der Waals surface area (Å²) in [7, 11) is 0. The molecule has 0 atom stereocenters. The van der Waals surface area contributed by atoms with Gasteiger partial charge in [0.05, 0.1) is 22.1 Å². The molecule has 0 bridgehead atoms. The predicted molar refractivity (Wildman–Crippen MR) is 90.1 cm³/mol. The van der Waals surface area contributed by atoms with Crippen LogP contribution in [0, 0.1) is 19.8 Å². The molecule has 1 saturated carbocycles. The van der Waals surface area contributed by atoms with Gasteiger partial charge >= 0.3 is 0 Å². The summed E-state index contributed by atoms with van der Waals surface area (Å²) >= 11 is 12.0. The smallest absolute Gasteiger partial charge is 0.227 e. The van der Waals surface area contributed by atoms with E-state index in [1.54, 1.807) is 22.9 Å². The molecule has 122 valence electrons.